The molecule has 98 valence electrons. The Hall–Kier alpha value is -1.04. The molecule has 0 amide bonds. The Balaban J connectivity index is 1.90. The van der Waals surface area contributed by atoms with Gasteiger partial charge in [-0.2, -0.15) is 0 Å². The molecule has 5 heteroatoms. The van der Waals surface area contributed by atoms with E-state index in [4.69, 9.17) is 9.72 Å². The van der Waals surface area contributed by atoms with Crippen molar-refractivity contribution in [3.8, 4) is 0 Å². The number of aryl methyl sites for hydroxylation is 1. The van der Waals surface area contributed by atoms with Crippen molar-refractivity contribution in [2.24, 2.45) is 0 Å². The lowest BCUT2D eigenvalue weighted by Gasteiger charge is -2.30. The third-order valence-electron chi connectivity index (χ3n) is 3.71. The molecule has 1 N–H and O–H groups in total. The van der Waals surface area contributed by atoms with Gasteiger partial charge in [0.1, 0.15) is 6.10 Å². The number of rotatable bonds is 1. The van der Waals surface area contributed by atoms with E-state index in [0.29, 0.717) is 0 Å². The van der Waals surface area contributed by atoms with Gasteiger partial charge in [0.2, 0.25) is 0 Å². The number of nitrogens with zero attached hydrogens (tertiary/aromatic N) is 3. The van der Waals surface area contributed by atoms with Crippen LogP contribution in [0.5, 0.6) is 0 Å². The molecule has 5 nitrogen and oxygen atoms in total. The lowest BCUT2D eigenvalue weighted by molar-refractivity contribution is -0.0257. The molecular weight excluding hydrogens is 228 g/mol. The molecule has 0 aliphatic carbocycles. The van der Waals surface area contributed by atoms with Crippen molar-refractivity contribution in [2.45, 2.75) is 26.0 Å². The van der Waals surface area contributed by atoms with Gasteiger partial charge in [0.05, 0.1) is 12.3 Å². The summed E-state index contributed by atoms with van der Waals surface area (Å²) in [6, 6.07) is 0. The third kappa shape index (κ3) is 2.25. The molecule has 1 aromatic heterocycles. The maximum atomic E-state index is 5.80. The molecule has 18 heavy (non-hydrogen) atoms. The van der Waals surface area contributed by atoms with Crippen LogP contribution in [0.4, 0.5) is 0 Å². The Labute approximate surface area is 108 Å². The van der Waals surface area contributed by atoms with Crippen LogP contribution >= 0.6 is 0 Å². The number of hydrogen-bond donors (Lipinski definition) is 1. The molecular formula is C13H20N4O. The number of ether oxygens (including phenoxy) is 1. The van der Waals surface area contributed by atoms with E-state index in [0.717, 1.165) is 50.7 Å². The van der Waals surface area contributed by atoms with Crippen molar-refractivity contribution >= 4 is 0 Å². The molecule has 1 saturated heterocycles. The summed E-state index contributed by atoms with van der Waals surface area (Å²) < 4.78 is 5.80. The van der Waals surface area contributed by atoms with Crippen molar-refractivity contribution in [1.82, 2.24) is 20.2 Å². The van der Waals surface area contributed by atoms with E-state index in [1.165, 1.54) is 11.3 Å². The van der Waals surface area contributed by atoms with Crippen LogP contribution in [0, 0.1) is 6.92 Å². The van der Waals surface area contributed by atoms with E-state index in [1.54, 1.807) is 0 Å². The van der Waals surface area contributed by atoms with Crippen LogP contribution < -0.4 is 5.32 Å². The summed E-state index contributed by atoms with van der Waals surface area (Å²) in [6.45, 7) is 6.62. The fraction of sp³-hybridized carbons (Fsp3) is 0.692. The largest absolute Gasteiger partial charge is 0.368 e. The zero-order valence-corrected chi connectivity index (χ0v) is 11.1. The minimum atomic E-state index is 0.0302. The zero-order chi connectivity index (χ0) is 12.5. The number of likely N-dealkylation sites (N-methyl/N-ethyl adjacent to an activating group) is 1. The minimum Gasteiger partial charge on any atom is -0.368 e. The van der Waals surface area contributed by atoms with Crippen molar-refractivity contribution < 1.29 is 4.74 Å². The molecule has 2 aliphatic rings. The van der Waals surface area contributed by atoms with E-state index < -0.39 is 0 Å². The summed E-state index contributed by atoms with van der Waals surface area (Å²) in [7, 11) is 2.12. The van der Waals surface area contributed by atoms with Gasteiger partial charge in [-0.25, -0.2) is 9.97 Å². The summed E-state index contributed by atoms with van der Waals surface area (Å²) in [5, 5.41) is 3.37. The van der Waals surface area contributed by atoms with Crippen LogP contribution in [0.15, 0.2) is 0 Å². The lowest BCUT2D eigenvalue weighted by Crippen LogP contribution is -2.36. The molecule has 1 fully saturated rings. The van der Waals surface area contributed by atoms with Gasteiger partial charge in [-0.15, -0.1) is 0 Å². The van der Waals surface area contributed by atoms with Gasteiger partial charge in [-0.3, -0.25) is 0 Å². The summed E-state index contributed by atoms with van der Waals surface area (Å²) in [5.41, 5.74) is 3.57. The monoisotopic (exact) mass is 248 g/mol. The van der Waals surface area contributed by atoms with Gasteiger partial charge >= 0.3 is 0 Å². The molecule has 0 bridgehead atoms. The summed E-state index contributed by atoms with van der Waals surface area (Å²) in [6.07, 6.45) is 1.02. The predicted molar refractivity (Wildman–Crippen MR) is 68.4 cm³/mol. The predicted octanol–water partition coefficient (Wildman–Crippen LogP) is 0.434. The molecule has 0 radical (unpaired) electrons. The second kappa shape index (κ2) is 4.91. The van der Waals surface area contributed by atoms with E-state index in [1.807, 2.05) is 0 Å². The van der Waals surface area contributed by atoms with Crippen molar-refractivity contribution in [1.29, 1.82) is 0 Å². The number of aromatic nitrogens is 2. The van der Waals surface area contributed by atoms with Gasteiger partial charge in [0, 0.05) is 43.9 Å². The van der Waals surface area contributed by atoms with E-state index in [9.17, 15) is 0 Å². The van der Waals surface area contributed by atoms with Crippen molar-refractivity contribution in [3.05, 3.63) is 22.8 Å². The first-order valence-corrected chi connectivity index (χ1v) is 6.61. The fourth-order valence-electron chi connectivity index (χ4n) is 2.61. The quantitative estimate of drug-likeness (QED) is 0.781. The molecule has 0 aromatic carbocycles. The first kappa shape index (κ1) is 12.0. The third-order valence-corrected chi connectivity index (χ3v) is 3.71. The van der Waals surface area contributed by atoms with Gasteiger partial charge < -0.3 is 15.0 Å². The topological polar surface area (TPSA) is 50.3 Å². The highest BCUT2D eigenvalue weighted by Crippen LogP contribution is 2.22. The maximum Gasteiger partial charge on any atom is 0.158 e. The Morgan fingerprint density at radius 1 is 1.39 bits per heavy atom. The second-order valence-electron chi connectivity index (χ2n) is 5.14. The molecule has 0 saturated carbocycles. The minimum absolute atomic E-state index is 0.0302. The summed E-state index contributed by atoms with van der Waals surface area (Å²) in [5.74, 6) is 0.861. The maximum absolute atomic E-state index is 5.80. The molecule has 0 spiro atoms. The van der Waals surface area contributed by atoms with Crippen LogP contribution in [0.25, 0.3) is 0 Å². The van der Waals surface area contributed by atoms with Crippen LogP contribution in [0.2, 0.25) is 0 Å². The highest BCUT2D eigenvalue weighted by atomic mass is 16.5. The van der Waals surface area contributed by atoms with Crippen LogP contribution in [-0.2, 0) is 17.7 Å². The van der Waals surface area contributed by atoms with Gasteiger partial charge in [0.25, 0.3) is 0 Å². The first-order valence-electron chi connectivity index (χ1n) is 6.61. The lowest BCUT2D eigenvalue weighted by atomic mass is 10.1. The van der Waals surface area contributed by atoms with E-state index >= 15 is 0 Å². The molecule has 3 heterocycles. The van der Waals surface area contributed by atoms with Crippen LogP contribution in [-0.4, -0.2) is 48.2 Å². The summed E-state index contributed by atoms with van der Waals surface area (Å²) in [4.78, 5) is 11.6. The van der Waals surface area contributed by atoms with Gasteiger partial charge in [-0.05, 0) is 14.0 Å². The zero-order valence-electron chi connectivity index (χ0n) is 11.1. The highest BCUT2D eigenvalue weighted by molar-refractivity contribution is 5.27. The first-order chi connectivity index (χ1) is 8.74. The Bertz CT molecular complexity index is 449. The standard InChI is InChI=1S/C13H20N4O/c1-9-10-7-14-4-3-11(10)16-13(15-9)12-8-17(2)5-6-18-12/h12,14H,3-8H2,1-2H3. The van der Waals surface area contributed by atoms with Crippen molar-refractivity contribution in [3.63, 3.8) is 0 Å². The summed E-state index contributed by atoms with van der Waals surface area (Å²) >= 11 is 0. The van der Waals surface area contributed by atoms with E-state index in [2.05, 4.69) is 29.2 Å². The number of hydrogen-bond acceptors (Lipinski definition) is 5. The van der Waals surface area contributed by atoms with Gasteiger partial charge in [0.15, 0.2) is 5.82 Å². The van der Waals surface area contributed by atoms with Crippen LogP contribution in [0.1, 0.15) is 28.9 Å². The number of nitrogens with one attached hydrogen (secondary N) is 1. The number of fused-ring (bicyclic) bond motifs is 1. The van der Waals surface area contributed by atoms with Gasteiger partial charge in [-0.1, -0.05) is 0 Å². The molecule has 1 aromatic rings. The average molecular weight is 248 g/mol. The Morgan fingerprint density at radius 3 is 3.11 bits per heavy atom. The number of morpholine rings is 1. The molecule has 1 unspecified atom stereocenters. The highest BCUT2D eigenvalue weighted by Gasteiger charge is 2.24. The smallest absolute Gasteiger partial charge is 0.158 e. The molecule has 1 atom stereocenters. The normalized spacial score (nSPS) is 24.9. The average Bonchev–Trinajstić information content (AvgIpc) is 2.39. The Kier molecular flexibility index (Phi) is 3.28. The second-order valence-corrected chi connectivity index (χ2v) is 5.14. The Morgan fingerprint density at radius 2 is 2.28 bits per heavy atom. The SMILES string of the molecule is Cc1nc(C2CN(C)CCO2)nc2c1CNCC2. The molecule has 2 aliphatic heterocycles. The van der Waals surface area contributed by atoms with E-state index in [-0.39, 0.29) is 6.10 Å². The fourth-order valence-corrected chi connectivity index (χ4v) is 2.61. The molecule has 3 rings (SSSR count). The van der Waals surface area contributed by atoms with Crippen LogP contribution in [0.3, 0.4) is 0 Å². The van der Waals surface area contributed by atoms with Crippen molar-refractivity contribution in [2.75, 3.05) is 33.3 Å².